The van der Waals surface area contributed by atoms with E-state index in [0.29, 0.717) is 19.1 Å². The summed E-state index contributed by atoms with van der Waals surface area (Å²) in [6.45, 7) is 6.68. The Morgan fingerprint density at radius 1 is 1.12 bits per heavy atom. The second-order valence-corrected chi connectivity index (χ2v) is 9.92. The number of halogens is 2. The summed E-state index contributed by atoms with van der Waals surface area (Å²) in [4.78, 5) is 18.4. The maximum atomic E-state index is 14.0. The largest absolute Gasteiger partial charge is 0.339 e. The Morgan fingerprint density at radius 2 is 1.69 bits per heavy atom. The smallest absolute Gasteiger partial charge is 0.262 e. The van der Waals surface area contributed by atoms with Crippen LogP contribution in [0.15, 0.2) is 0 Å². The molecule has 3 heterocycles. The summed E-state index contributed by atoms with van der Waals surface area (Å²) in [6.07, 6.45) is 0.629. The van der Waals surface area contributed by atoms with Crippen molar-refractivity contribution >= 4 is 15.9 Å². The Labute approximate surface area is 153 Å². The molecule has 0 radical (unpaired) electrons. The van der Waals surface area contributed by atoms with E-state index in [2.05, 4.69) is 18.7 Å². The number of rotatable bonds is 4. The SMILES string of the molecule is CC(C)N1CCN(C(=O)[C@@H]2CC(F)(F)CN2C2CN(S(C)(=O)=O)C2)CC1. The van der Waals surface area contributed by atoms with E-state index in [9.17, 15) is 22.0 Å². The number of carbonyl (C=O) groups excluding carboxylic acids is 1. The Hall–Kier alpha value is -0.840. The van der Waals surface area contributed by atoms with Gasteiger partial charge in [0.2, 0.25) is 15.9 Å². The average molecular weight is 394 g/mol. The summed E-state index contributed by atoms with van der Waals surface area (Å²) in [5.74, 6) is -3.16. The van der Waals surface area contributed by atoms with Gasteiger partial charge in [-0.25, -0.2) is 17.2 Å². The van der Waals surface area contributed by atoms with Gasteiger partial charge in [-0.05, 0) is 13.8 Å². The van der Waals surface area contributed by atoms with Gasteiger partial charge < -0.3 is 4.90 Å². The van der Waals surface area contributed by atoms with Crippen LogP contribution in [0.2, 0.25) is 0 Å². The predicted octanol–water partition coefficient (Wildman–Crippen LogP) is -0.108. The molecule has 7 nitrogen and oxygen atoms in total. The van der Waals surface area contributed by atoms with Crippen molar-refractivity contribution < 1.29 is 22.0 Å². The third kappa shape index (κ3) is 4.02. The number of carbonyl (C=O) groups is 1. The maximum Gasteiger partial charge on any atom is 0.262 e. The Bertz CT molecular complexity index is 644. The van der Waals surface area contributed by atoms with Gasteiger partial charge in [-0.3, -0.25) is 14.6 Å². The molecular weight excluding hydrogens is 366 g/mol. The molecule has 10 heteroatoms. The van der Waals surface area contributed by atoms with Crippen LogP contribution in [0.4, 0.5) is 8.78 Å². The fraction of sp³-hybridized carbons (Fsp3) is 0.938. The molecule has 0 aromatic rings. The first kappa shape index (κ1) is 19.9. The van der Waals surface area contributed by atoms with E-state index in [1.165, 1.54) is 9.21 Å². The highest BCUT2D eigenvalue weighted by atomic mass is 32.2. The van der Waals surface area contributed by atoms with Gasteiger partial charge in [0.05, 0.1) is 18.8 Å². The molecule has 0 aliphatic carbocycles. The predicted molar refractivity (Wildman–Crippen MR) is 93.6 cm³/mol. The molecule has 26 heavy (non-hydrogen) atoms. The molecular formula is C16H28F2N4O3S. The summed E-state index contributed by atoms with van der Waals surface area (Å²) >= 11 is 0. The molecule has 0 unspecified atom stereocenters. The van der Waals surface area contributed by atoms with Crippen molar-refractivity contribution in [1.82, 2.24) is 19.0 Å². The second-order valence-electron chi connectivity index (χ2n) is 7.94. The van der Waals surface area contributed by atoms with Gasteiger partial charge in [-0.15, -0.1) is 0 Å². The third-order valence-corrected chi connectivity index (χ3v) is 6.95. The minimum Gasteiger partial charge on any atom is -0.339 e. The zero-order valence-corrected chi connectivity index (χ0v) is 16.4. The molecule has 3 saturated heterocycles. The van der Waals surface area contributed by atoms with Gasteiger partial charge in [-0.2, -0.15) is 4.31 Å². The lowest BCUT2D eigenvalue weighted by Crippen LogP contribution is -2.64. The molecule has 0 aromatic carbocycles. The number of nitrogens with zero attached hydrogens (tertiary/aromatic N) is 4. The van der Waals surface area contributed by atoms with E-state index < -0.39 is 35.0 Å². The lowest BCUT2D eigenvalue weighted by atomic mass is 10.1. The van der Waals surface area contributed by atoms with Crippen LogP contribution in [0.5, 0.6) is 0 Å². The standard InChI is InChI=1S/C16H28F2N4O3S/c1-12(2)19-4-6-20(7-5-19)15(23)14-8-16(17,18)11-22(14)13-9-21(10-13)26(3,24)25/h12-14H,4-11H2,1-3H3/t14-/m0/s1. The summed E-state index contributed by atoms with van der Waals surface area (Å²) in [5.41, 5.74) is 0. The Morgan fingerprint density at radius 3 is 2.19 bits per heavy atom. The van der Waals surface area contributed by atoms with Crippen LogP contribution in [0.3, 0.4) is 0 Å². The second kappa shape index (κ2) is 6.96. The number of piperazine rings is 1. The van der Waals surface area contributed by atoms with Gasteiger partial charge in [-0.1, -0.05) is 0 Å². The minimum absolute atomic E-state index is 0.180. The monoisotopic (exact) mass is 394 g/mol. The quantitative estimate of drug-likeness (QED) is 0.666. The molecule has 3 rings (SSSR count). The molecule has 150 valence electrons. The van der Waals surface area contributed by atoms with E-state index in [0.717, 1.165) is 19.3 Å². The highest BCUT2D eigenvalue weighted by molar-refractivity contribution is 7.88. The van der Waals surface area contributed by atoms with Crippen LogP contribution in [-0.2, 0) is 14.8 Å². The Balaban J connectivity index is 1.64. The molecule has 1 amide bonds. The van der Waals surface area contributed by atoms with Gasteiger partial charge in [0.1, 0.15) is 0 Å². The summed E-state index contributed by atoms with van der Waals surface area (Å²) in [6, 6.07) is -0.775. The third-order valence-electron chi connectivity index (χ3n) is 5.71. The molecule has 1 atom stereocenters. The number of sulfonamides is 1. The van der Waals surface area contributed by atoms with Crippen molar-refractivity contribution in [3.05, 3.63) is 0 Å². The summed E-state index contributed by atoms with van der Waals surface area (Å²) in [5, 5.41) is 0. The highest BCUT2D eigenvalue weighted by Crippen LogP contribution is 2.36. The molecule has 0 saturated carbocycles. The topological polar surface area (TPSA) is 64.2 Å². The van der Waals surface area contributed by atoms with Gasteiger partial charge in [0.25, 0.3) is 5.92 Å². The van der Waals surface area contributed by atoms with Crippen molar-refractivity contribution in [3.63, 3.8) is 0 Å². The van der Waals surface area contributed by atoms with Crippen molar-refractivity contribution in [3.8, 4) is 0 Å². The zero-order valence-electron chi connectivity index (χ0n) is 15.6. The van der Waals surface area contributed by atoms with Crippen LogP contribution in [0.1, 0.15) is 20.3 Å². The lowest BCUT2D eigenvalue weighted by molar-refractivity contribution is -0.139. The normalized spacial score (nSPS) is 29.3. The number of likely N-dealkylation sites (tertiary alicyclic amines) is 1. The van der Waals surface area contributed by atoms with Crippen LogP contribution in [0, 0.1) is 0 Å². The molecule has 3 fully saturated rings. The molecule has 3 aliphatic heterocycles. The summed E-state index contributed by atoms with van der Waals surface area (Å²) in [7, 11) is -3.31. The summed E-state index contributed by atoms with van der Waals surface area (Å²) < 4.78 is 52.4. The molecule has 0 spiro atoms. The fourth-order valence-electron chi connectivity index (χ4n) is 4.02. The fourth-order valence-corrected chi connectivity index (χ4v) is 4.91. The van der Waals surface area contributed by atoms with E-state index in [4.69, 9.17) is 0 Å². The molecule has 3 aliphatic rings. The molecule has 0 bridgehead atoms. The number of hydrogen-bond donors (Lipinski definition) is 0. The number of amides is 1. The van der Waals surface area contributed by atoms with Crippen LogP contribution in [-0.4, -0.2) is 109 Å². The van der Waals surface area contributed by atoms with Crippen LogP contribution < -0.4 is 0 Å². The maximum absolute atomic E-state index is 14.0. The van der Waals surface area contributed by atoms with Gasteiger partial charge >= 0.3 is 0 Å². The van der Waals surface area contributed by atoms with E-state index in [1.54, 1.807) is 4.90 Å². The van der Waals surface area contributed by atoms with E-state index in [-0.39, 0.29) is 25.0 Å². The van der Waals surface area contributed by atoms with E-state index >= 15 is 0 Å². The zero-order chi connectivity index (χ0) is 19.3. The van der Waals surface area contributed by atoms with Crippen molar-refractivity contribution in [2.75, 3.05) is 52.1 Å². The first-order valence-electron chi connectivity index (χ1n) is 9.09. The Kier molecular flexibility index (Phi) is 5.33. The van der Waals surface area contributed by atoms with Crippen LogP contribution >= 0.6 is 0 Å². The van der Waals surface area contributed by atoms with Crippen LogP contribution in [0.25, 0.3) is 0 Å². The van der Waals surface area contributed by atoms with Crippen molar-refractivity contribution in [2.45, 2.75) is 44.3 Å². The molecule has 0 N–H and O–H groups in total. The first-order chi connectivity index (χ1) is 12.0. The van der Waals surface area contributed by atoms with Gasteiger partial charge in [0.15, 0.2) is 0 Å². The average Bonchev–Trinajstić information content (AvgIpc) is 2.79. The van der Waals surface area contributed by atoms with Crippen molar-refractivity contribution in [2.24, 2.45) is 0 Å². The number of hydrogen-bond acceptors (Lipinski definition) is 5. The van der Waals surface area contributed by atoms with E-state index in [1.807, 2.05) is 0 Å². The number of alkyl halides is 2. The molecule has 0 aromatic heterocycles. The van der Waals surface area contributed by atoms with Crippen molar-refractivity contribution in [1.29, 1.82) is 0 Å². The minimum atomic E-state index is -3.31. The highest BCUT2D eigenvalue weighted by Gasteiger charge is 2.53. The lowest BCUT2D eigenvalue weighted by Gasteiger charge is -2.45. The van der Waals surface area contributed by atoms with Gasteiger partial charge in [0, 0.05) is 57.8 Å². The first-order valence-corrected chi connectivity index (χ1v) is 10.9.